The highest BCUT2D eigenvalue weighted by molar-refractivity contribution is 7.15. The molecule has 3 aromatic rings. The molecule has 0 aliphatic rings. The molecule has 3 rings (SSSR count). The number of aromatic nitrogens is 2. The van der Waals surface area contributed by atoms with E-state index in [9.17, 15) is 0 Å². The fourth-order valence-corrected chi connectivity index (χ4v) is 3.20. The summed E-state index contributed by atoms with van der Waals surface area (Å²) in [7, 11) is 4.04. The third-order valence-corrected chi connectivity index (χ3v) is 4.24. The standard InChI is InChI=1S/C15H18N4S/c1-11-6-4-5-7-12(11)18(3)14-13(10-16-2)19-8-9-20-15(19)17-14/h4-9,16H,10H2,1-3H3. The number of para-hydroxylation sites is 1. The molecular weight excluding hydrogens is 268 g/mol. The van der Waals surface area contributed by atoms with Crippen molar-refractivity contribution in [2.45, 2.75) is 13.5 Å². The Morgan fingerprint density at radius 2 is 2.15 bits per heavy atom. The van der Waals surface area contributed by atoms with Gasteiger partial charge >= 0.3 is 0 Å². The van der Waals surface area contributed by atoms with Gasteiger partial charge in [0.05, 0.1) is 5.69 Å². The second kappa shape index (κ2) is 5.26. The molecule has 1 N–H and O–H groups in total. The van der Waals surface area contributed by atoms with Crippen molar-refractivity contribution >= 4 is 27.8 Å². The Morgan fingerprint density at radius 1 is 1.35 bits per heavy atom. The van der Waals surface area contributed by atoms with Crippen molar-refractivity contribution in [2.24, 2.45) is 0 Å². The Hall–Kier alpha value is -1.85. The van der Waals surface area contributed by atoms with Gasteiger partial charge < -0.3 is 10.2 Å². The van der Waals surface area contributed by atoms with E-state index in [1.807, 2.05) is 7.05 Å². The van der Waals surface area contributed by atoms with Gasteiger partial charge in [0.15, 0.2) is 10.8 Å². The summed E-state index contributed by atoms with van der Waals surface area (Å²) in [5.74, 6) is 1.01. The molecule has 0 fully saturated rings. The van der Waals surface area contributed by atoms with Crippen molar-refractivity contribution < 1.29 is 0 Å². The quantitative estimate of drug-likeness (QED) is 0.799. The number of hydrogen-bond donors (Lipinski definition) is 1. The van der Waals surface area contributed by atoms with Crippen LogP contribution >= 0.6 is 11.3 Å². The Morgan fingerprint density at radius 3 is 2.90 bits per heavy atom. The van der Waals surface area contributed by atoms with Crippen molar-refractivity contribution in [2.75, 3.05) is 19.0 Å². The largest absolute Gasteiger partial charge is 0.328 e. The molecular formula is C15H18N4S. The molecule has 0 radical (unpaired) electrons. The van der Waals surface area contributed by atoms with Gasteiger partial charge in [0, 0.05) is 30.9 Å². The first-order chi connectivity index (χ1) is 9.72. The predicted octanol–water partition coefficient (Wildman–Crippen LogP) is 3.19. The van der Waals surface area contributed by atoms with Crippen LogP contribution in [0.5, 0.6) is 0 Å². The summed E-state index contributed by atoms with van der Waals surface area (Å²) in [6.07, 6.45) is 2.08. The normalized spacial score (nSPS) is 11.2. The molecule has 1 aromatic carbocycles. The number of nitrogens with zero attached hydrogens (tertiary/aromatic N) is 3. The summed E-state index contributed by atoms with van der Waals surface area (Å²) in [6.45, 7) is 2.92. The topological polar surface area (TPSA) is 32.6 Å². The Kier molecular flexibility index (Phi) is 3.46. The number of hydrogen-bond acceptors (Lipinski definition) is 4. The fraction of sp³-hybridized carbons (Fsp3) is 0.267. The average Bonchev–Trinajstić information content (AvgIpc) is 3.01. The number of benzene rings is 1. The maximum Gasteiger partial charge on any atom is 0.195 e. The molecule has 5 heteroatoms. The summed E-state index contributed by atoms with van der Waals surface area (Å²) < 4.78 is 2.16. The third kappa shape index (κ3) is 2.09. The number of imidazole rings is 1. The van der Waals surface area contributed by atoms with Crippen LogP contribution in [-0.4, -0.2) is 23.5 Å². The second-order valence-corrected chi connectivity index (χ2v) is 5.69. The highest BCUT2D eigenvalue weighted by Crippen LogP contribution is 2.30. The fourth-order valence-electron chi connectivity index (χ4n) is 2.48. The van der Waals surface area contributed by atoms with Gasteiger partial charge in [-0.2, -0.15) is 0 Å². The van der Waals surface area contributed by atoms with Crippen LogP contribution in [0.2, 0.25) is 0 Å². The van der Waals surface area contributed by atoms with Gasteiger partial charge in [-0.15, -0.1) is 11.3 Å². The average molecular weight is 286 g/mol. The Bertz CT molecular complexity index is 728. The van der Waals surface area contributed by atoms with Crippen molar-refractivity contribution in [3.63, 3.8) is 0 Å². The number of thiazole rings is 1. The summed E-state index contributed by atoms with van der Waals surface area (Å²) in [5, 5.41) is 5.30. The molecule has 4 nitrogen and oxygen atoms in total. The smallest absolute Gasteiger partial charge is 0.195 e. The van der Waals surface area contributed by atoms with E-state index in [4.69, 9.17) is 4.98 Å². The molecule has 0 aliphatic heterocycles. The van der Waals surface area contributed by atoms with E-state index < -0.39 is 0 Å². The first-order valence-corrected chi connectivity index (χ1v) is 7.48. The van der Waals surface area contributed by atoms with Gasteiger partial charge in [-0.25, -0.2) is 4.98 Å². The van der Waals surface area contributed by atoms with Crippen LogP contribution in [0.3, 0.4) is 0 Å². The van der Waals surface area contributed by atoms with E-state index in [0.29, 0.717) is 0 Å². The van der Waals surface area contributed by atoms with E-state index in [2.05, 4.69) is 64.4 Å². The van der Waals surface area contributed by atoms with Crippen LogP contribution in [0.1, 0.15) is 11.3 Å². The summed E-state index contributed by atoms with van der Waals surface area (Å²) >= 11 is 1.66. The van der Waals surface area contributed by atoms with Crippen molar-refractivity contribution in [1.82, 2.24) is 14.7 Å². The van der Waals surface area contributed by atoms with Crippen LogP contribution in [0.4, 0.5) is 11.5 Å². The zero-order valence-corrected chi connectivity index (χ0v) is 12.7. The molecule has 0 saturated carbocycles. The van der Waals surface area contributed by atoms with E-state index in [1.54, 1.807) is 11.3 Å². The van der Waals surface area contributed by atoms with Crippen LogP contribution < -0.4 is 10.2 Å². The summed E-state index contributed by atoms with van der Waals surface area (Å²) in [5.41, 5.74) is 3.63. The van der Waals surface area contributed by atoms with Crippen molar-refractivity contribution in [3.8, 4) is 0 Å². The summed E-state index contributed by atoms with van der Waals surface area (Å²) in [4.78, 5) is 7.98. The maximum atomic E-state index is 4.78. The minimum atomic E-state index is 0.795. The minimum Gasteiger partial charge on any atom is -0.328 e. The molecule has 0 unspecified atom stereocenters. The molecule has 0 bridgehead atoms. The first-order valence-electron chi connectivity index (χ1n) is 6.60. The van der Waals surface area contributed by atoms with E-state index in [-0.39, 0.29) is 0 Å². The number of nitrogens with one attached hydrogen (secondary N) is 1. The van der Waals surface area contributed by atoms with Gasteiger partial charge in [0.1, 0.15) is 0 Å². The second-order valence-electron chi connectivity index (χ2n) is 4.81. The van der Waals surface area contributed by atoms with Gasteiger partial charge in [-0.05, 0) is 25.6 Å². The molecule has 0 amide bonds. The highest BCUT2D eigenvalue weighted by atomic mass is 32.1. The van der Waals surface area contributed by atoms with Crippen LogP contribution in [0, 0.1) is 6.92 Å². The summed E-state index contributed by atoms with van der Waals surface area (Å²) in [6, 6.07) is 8.38. The maximum absolute atomic E-state index is 4.78. The lowest BCUT2D eigenvalue weighted by atomic mass is 10.2. The molecule has 2 heterocycles. The predicted molar refractivity (Wildman–Crippen MR) is 85.1 cm³/mol. The SMILES string of the molecule is CNCc1c(N(C)c2ccccc2C)nc2sccn12. The van der Waals surface area contributed by atoms with Gasteiger partial charge in [-0.3, -0.25) is 4.40 Å². The molecule has 0 aliphatic carbocycles. The monoisotopic (exact) mass is 286 g/mol. The van der Waals surface area contributed by atoms with Crippen LogP contribution in [0.25, 0.3) is 4.96 Å². The van der Waals surface area contributed by atoms with Crippen molar-refractivity contribution in [1.29, 1.82) is 0 Å². The van der Waals surface area contributed by atoms with Gasteiger partial charge in [0.2, 0.25) is 0 Å². The lowest BCUT2D eigenvalue weighted by Crippen LogP contribution is -2.16. The number of rotatable bonds is 4. The lowest BCUT2D eigenvalue weighted by Gasteiger charge is -2.20. The molecule has 104 valence electrons. The van der Waals surface area contributed by atoms with Crippen LogP contribution in [-0.2, 0) is 6.54 Å². The number of aryl methyl sites for hydroxylation is 1. The molecule has 0 atom stereocenters. The van der Waals surface area contributed by atoms with Crippen LogP contribution in [0.15, 0.2) is 35.8 Å². The van der Waals surface area contributed by atoms with Crippen molar-refractivity contribution in [3.05, 3.63) is 47.1 Å². The highest BCUT2D eigenvalue weighted by Gasteiger charge is 2.17. The molecule has 20 heavy (non-hydrogen) atoms. The molecule has 2 aromatic heterocycles. The zero-order valence-electron chi connectivity index (χ0n) is 11.9. The minimum absolute atomic E-state index is 0.795. The Labute approximate surface area is 122 Å². The van der Waals surface area contributed by atoms with Gasteiger partial charge in [-0.1, -0.05) is 18.2 Å². The van der Waals surface area contributed by atoms with E-state index >= 15 is 0 Å². The van der Waals surface area contributed by atoms with Gasteiger partial charge in [0.25, 0.3) is 0 Å². The third-order valence-electron chi connectivity index (χ3n) is 3.48. The Balaban J connectivity index is 2.11. The number of anilines is 2. The van der Waals surface area contributed by atoms with E-state index in [1.165, 1.54) is 16.9 Å². The molecule has 0 saturated heterocycles. The molecule has 0 spiro atoms. The zero-order chi connectivity index (χ0) is 14.1. The number of fused-ring (bicyclic) bond motifs is 1. The first kappa shape index (κ1) is 13.1. The van der Waals surface area contributed by atoms with E-state index in [0.717, 1.165) is 17.3 Å². The lowest BCUT2D eigenvalue weighted by molar-refractivity contribution is 0.782.